The van der Waals surface area contributed by atoms with Crippen LogP contribution in [0.15, 0.2) is 81.1 Å². The molecule has 3 N–H and O–H groups in total. The number of carbonyl (C=O) groups is 1. The Labute approximate surface area is 204 Å². The van der Waals surface area contributed by atoms with E-state index < -0.39 is 30.9 Å². The van der Waals surface area contributed by atoms with Crippen LogP contribution >= 0.6 is 23.2 Å². The van der Waals surface area contributed by atoms with E-state index in [2.05, 4.69) is 9.44 Å². The van der Waals surface area contributed by atoms with Crippen molar-refractivity contribution in [2.45, 2.75) is 9.99 Å². The number of sulfonamides is 2. The van der Waals surface area contributed by atoms with Gasteiger partial charge in [0.05, 0.1) is 22.0 Å². The van der Waals surface area contributed by atoms with Crippen molar-refractivity contribution >= 4 is 71.6 Å². The first-order chi connectivity index (χ1) is 16.0. The Morgan fingerprint density at radius 1 is 0.824 bits per heavy atom. The van der Waals surface area contributed by atoms with Crippen LogP contribution in [0.5, 0.6) is 0 Å². The van der Waals surface area contributed by atoms with Crippen molar-refractivity contribution in [2.24, 2.45) is 0 Å². The first kappa shape index (κ1) is 23.9. The highest BCUT2D eigenvalue weighted by molar-refractivity contribution is 7.93. The van der Waals surface area contributed by atoms with Crippen LogP contribution in [0.4, 0.5) is 11.4 Å². The molecule has 0 fully saturated rings. The zero-order valence-corrected chi connectivity index (χ0v) is 20.0. The second-order valence-electron chi connectivity index (χ2n) is 6.95. The molecule has 0 saturated carbocycles. The largest absolute Gasteiger partial charge is 0.478 e. The topological polar surface area (TPSA) is 143 Å². The Morgan fingerprint density at radius 2 is 1.53 bits per heavy atom. The number of furan rings is 1. The van der Waals surface area contributed by atoms with Crippen molar-refractivity contribution in [1.82, 2.24) is 0 Å². The first-order valence-electron chi connectivity index (χ1n) is 9.33. The van der Waals surface area contributed by atoms with E-state index in [4.69, 9.17) is 32.7 Å². The number of carboxylic acid groups (broad SMARTS) is 1. The number of fused-ring (bicyclic) bond motifs is 1. The van der Waals surface area contributed by atoms with E-state index in [0.29, 0.717) is 11.0 Å². The Kier molecular flexibility index (Phi) is 6.21. The summed E-state index contributed by atoms with van der Waals surface area (Å²) in [5, 5.41) is 9.22. The quantitative estimate of drug-likeness (QED) is 0.298. The molecule has 0 saturated heterocycles. The Bertz CT molecular complexity index is 1620. The Morgan fingerprint density at radius 3 is 2.24 bits per heavy atom. The zero-order chi connectivity index (χ0) is 24.7. The molecule has 1 heterocycles. The molecule has 0 amide bonds. The number of para-hydroxylation sites is 1. The fourth-order valence-electron chi connectivity index (χ4n) is 3.02. The van der Waals surface area contributed by atoms with Crippen LogP contribution in [0, 0.1) is 0 Å². The minimum atomic E-state index is -4.42. The number of nitrogens with one attached hydrogen (secondary N) is 2. The third kappa shape index (κ3) is 4.82. The molecule has 0 radical (unpaired) electrons. The van der Waals surface area contributed by atoms with Crippen molar-refractivity contribution < 1.29 is 31.2 Å². The summed E-state index contributed by atoms with van der Waals surface area (Å²) >= 11 is 12.0. The maximum Gasteiger partial charge on any atom is 0.335 e. The van der Waals surface area contributed by atoms with Crippen LogP contribution in [0.2, 0.25) is 10.0 Å². The van der Waals surface area contributed by atoms with E-state index in [1.807, 2.05) is 0 Å². The van der Waals surface area contributed by atoms with E-state index >= 15 is 0 Å². The standard InChI is InChI=1S/C21H14Cl2N2O7S2/c22-14-6-8-16(24-33(28,29)19-9-13(21(26)27)5-7-15(19)23)17(11-14)25-34(30,31)20-10-12-3-1-2-4-18(12)32-20/h1-11,24-25H,(H,26,27). The van der Waals surface area contributed by atoms with Gasteiger partial charge < -0.3 is 9.52 Å². The number of benzene rings is 3. The number of halogens is 2. The lowest BCUT2D eigenvalue weighted by Gasteiger charge is -2.15. The Balaban J connectivity index is 1.72. The summed E-state index contributed by atoms with van der Waals surface area (Å²) in [6.45, 7) is 0. The number of hydrogen-bond donors (Lipinski definition) is 3. The summed E-state index contributed by atoms with van der Waals surface area (Å²) in [5.74, 6) is -1.35. The molecule has 3 aromatic carbocycles. The molecule has 0 aliphatic carbocycles. The van der Waals surface area contributed by atoms with Crippen LogP contribution in [-0.2, 0) is 20.0 Å². The van der Waals surface area contributed by atoms with E-state index in [9.17, 15) is 21.6 Å². The molecule has 176 valence electrons. The molecule has 0 bridgehead atoms. The van der Waals surface area contributed by atoms with Gasteiger partial charge in [-0.1, -0.05) is 41.4 Å². The molecule has 0 unspecified atom stereocenters. The van der Waals surface area contributed by atoms with Gasteiger partial charge in [0.1, 0.15) is 10.5 Å². The van der Waals surface area contributed by atoms with Gasteiger partial charge in [0.25, 0.3) is 20.0 Å². The molecule has 9 nitrogen and oxygen atoms in total. The molecular formula is C21H14Cl2N2O7S2. The maximum absolute atomic E-state index is 13.0. The molecule has 1 aromatic heterocycles. The van der Waals surface area contributed by atoms with Crippen molar-refractivity contribution in [2.75, 3.05) is 9.44 Å². The van der Waals surface area contributed by atoms with E-state index in [-0.39, 0.29) is 32.1 Å². The minimum absolute atomic E-state index is 0.121. The Hall–Kier alpha value is -3.25. The lowest BCUT2D eigenvalue weighted by Crippen LogP contribution is -2.18. The van der Waals surface area contributed by atoms with Crippen LogP contribution in [0.3, 0.4) is 0 Å². The van der Waals surface area contributed by atoms with Gasteiger partial charge in [0, 0.05) is 16.5 Å². The third-order valence-electron chi connectivity index (χ3n) is 4.61. The van der Waals surface area contributed by atoms with Gasteiger partial charge in [-0.3, -0.25) is 9.44 Å². The fourth-order valence-corrected chi connectivity index (χ4v) is 5.84. The zero-order valence-electron chi connectivity index (χ0n) is 16.8. The third-order valence-corrected chi connectivity index (χ3v) is 7.91. The van der Waals surface area contributed by atoms with Gasteiger partial charge in [0.2, 0.25) is 5.09 Å². The van der Waals surface area contributed by atoms with Gasteiger partial charge in [-0.15, -0.1) is 0 Å². The highest BCUT2D eigenvalue weighted by Crippen LogP contribution is 2.33. The average Bonchev–Trinajstić information content (AvgIpc) is 3.21. The van der Waals surface area contributed by atoms with Gasteiger partial charge in [-0.25, -0.2) is 13.2 Å². The van der Waals surface area contributed by atoms with E-state index in [1.165, 1.54) is 24.3 Å². The van der Waals surface area contributed by atoms with E-state index in [1.54, 1.807) is 24.3 Å². The fraction of sp³-hybridized carbons (Fsp3) is 0. The number of hydrogen-bond acceptors (Lipinski definition) is 6. The molecule has 0 atom stereocenters. The highest BCUT2D eigenvalue weighted by Gasteiger charge is 2.25. The monoisotopic (exact) mass is 540 g/mol. The van der Waals surface area contributed by atoms with Crippen LogP contribution < -0.4 is 9.44 Å². The summed E-state index contributed by atoms with van der Waals surface area (Å²) in [6, 6.07) is 15.0. The molecule has 0 spiro atoms. The summed E-state index contributed by atoms with van der Waals surface area (Å²) < 4.78 is 61.7. The van der Waals surface area contributed by atoms with Crippen molar-refractivity contribution in [3.8, 4) is 0 Å². The molecule has 0 aliphatic rings. The molecular weight excluding hydrogens is 527 g/mol. The predicted molar refractivity (Wildman–Crippen MR) is 128 cm³/mol. The second kappa shape index (κ2) is 8.84. The molecule has 4 aromatic rings. The first-order valence-corrected chi connectivity index (χ1v) is 13.1. The predicted octanol–water partition coefficient (Wildman–Crippen LogP) is 5.04. The van der Waals surface area contributed by atoms with E-state index in [0.717, 1.165) is 18.2 Å². The number of aromatic carboxylic acids is 1. The summed E-state index contributed by atoms with van der Waals surface area (Å²) in [5.41, 5.74) is -0.322. The average molecular weight is 541 g/mol. The molecule has 4 rings (SSSR count). The van der Waals surface area contributed by atoms with Gasteiger partial charge in [-0.2, -0.15) is 8.42 Å². The molecule has 34 heavy (non-hydrogen) atoms. The van der Waals surface area contributed by atoms with Gasteiger partial charge in [-0.05, 0) is 42.5 Å². The molecule has 13 heteroatoms. The van der Waals surface area contributed by atoms with Crippen LogP contribution in [0.1, 0.15) is 10.4 Å². The van der Waals surface area contributed by atoms with Crippen molar-refractivity contribution in [1.29, 1.82) is 0 Å². The lowest BCUT2D eigenvalue weighted by atomic mass is 10.2. The van der Waals surface area contributed by atoms with Crippen molar-refractivity contribution in [3.05, 3.63) is 82.3 Å². The highest BCUT2D eigenvalue weighted by atomic mass is 35.5. The normalized spacial score (nSPS) is 11.9. The number of carboxylic acids is 1. The maximum atomic E-state index is 13.0. The minimum Gasteiger partial charge on any atom is -0.478 e. The summed E-state index contributed by atoms with van der Waals surface area (Å²) in [6.07, 6.45) is 0. The summed E-state index contributed by atoms with van der Waals surface area (Å²) in [7, 11) is -8.70. The van der Waals surface area contributed by atoms with Crippen LogP contribution in [0.25, 0.3) is 11.0 Å². The van der Waals surface area contributed by atoms with Gasteiger partial charge in [0.15, 0.2) is 0 Å². The van der Waals surface area contributed by atoms with Gasteiger partial charge >= 0.3 is 5.97 Å². The molecule has 0 aliphatic heterocycles. The van der Waals surface area contributed by atoms with Crippen LogP contribution in [-0.4, -0.2) is 27.9 Å². The number of rotatable bonds is 7. The lowest BCUT2D eigenvalue weighted by molar-refractivity contribution is 0.0696. The second-order valence-corrected chi connectivity index (χ2v) is 11.1. The summed E-state index contributed by atoms with van der Waals surface area (Å²) in [4.78, 5) is 10.7. The van der Waals surface area contributed by atoms with Crippen molar-refractivity contribution in [3.63, 3.8) is 0 Å². The SMILES string of the molecule is O=C(O)c1ccc(Cl)c(S(=O)(=O)Nc2ccc(Cl)cc2NS(=O)(=O)c2cc3ccccc3o2)c1. The smallest absolute Gasteiger partial charge is 0.335 e. The number of anilines is 2.